The summed E-state index contributed by atoms with van der Waals surface area (Å²) in [6.45, 7) is 9.57. The SMILES string of the molecule is CC(C)c1cnc2c(c1)CC(C(C)C1(C)CC1c1ccccc1)CC2. The molecule has 4 rings (SSSR count). The lowest BCUT2D eigenvalue weighted by Crippen LogP contribution is -2.27. The van der Waals surface area contributed by atoms with E-state index in [2.05, 4.69) is 70.3 Å². The van der Waals surface area contributed by atoms with Crippen LogP contribution in [0, 0.1) is 17.3 Å². The van der Waals surface area contributed by atoms with Gasteiger partial charge in [0.25, 0.3) is 0 Å². The lowest BCUT2D eigenvalue weighted by molar-refractivity contribution is 0.215. The van der Waals surface area contributed by atoms with Crippen molar-refractivity contribution in [3.8, 4) is 0 Å². The number of pyridine rings is 1. The molecule has 0 saturated heterocycles. The molecule has 1 saturated carbocycles. The van der Waals surface area contributed by atoms with Crippen molar-refractivity contribution in [1.29, 1.82) is 0 Å². The van der Waals surface area contributed by atoms with Crippen LogP contribution in [-0.2, 0) is 12.8 Å². The summed E-state index contributed by atoms with van der Waals surface area (Å²) in [7, 11) is 0. The average molecular weight is 334 g/mol. The van der Waals surface area contributed by atoms with Crippen LogP contribution in [0.25, 0.3) is 0 Å². The van der Waals surface area contributed by atoms with E-state index in [4.69, 9.17) is 4.98 Å². The number of aryl methyl sites for hydroxylation is 1. The van der Waals surface area contributed by atoms with Gasteiger partial charge in [-0.25, -0.2) is 0 Å². The molecule has 2 aromatic rings. The number of aromatic nitrogens is 1. The average Bonchev–Trinajstić information content (AvgIpc) is 3.34. The van der Waals surface area contributed by atoms with Crippen LogP contribution in [0.2, 0.25) is 0 Å². The molecule has 132 valence electrons. The Morgan fingerprint density at radius 2 is 1.88 bits per heavy atom. The van der Waals surface area contributed by atoms with Crippen molar-refractivity contribution >= 4 is 0 Å². The van der Waals surface area contributed by atoms with E-state index in [1.807, 2.05) is 0 Å². The van der Waals surface area contributed by atoms with Crippen LogP contribution in [0.5, 0.6) is 0 Å². The first-order valence-electron chi connectivity index (χ1n) is 10.0. The van der Waals surface area contributed by atoms with E-state index >= 15 is 0 Å². The van der Waals surface area contributed by atoms with Crippen LogP contribution < -0.4 is 0 Å². The van der Waals surface area contributed by atoms with E-state index in [0.29, 0.717) is 11.3 Å². The molecule has 1 nitrogen and oxygen atoms in total. The molecular weight excluding hydrogens is 302 g/mol. The van der Waals surface area contributed by atoms with Gasteiger partial charge in [-0.15, -0.1) is 0 Å². The van der Waals surface area contributed by atoms with Crippen LogP contribution in [0.3, 0.4) is 0 Å². The Labute approximate surface area is 152 Å². The molecule has 4 atom stereocenters. The van der Waals surface area contributed by atoms with Gasteiger partial charge in [-0.2, -0.15) is 0 Å². The largest absolute Gasteiger partial charge is 0.261 e. The topological polar surface area (TPSA) is 12.9 Å². The van der Waals surface area contributed by atoms with Gasteiger partial charge in [0.2, 0.25) is 0 Å². The molecule has 4 unspecified atom stereocenters. The van der Waals surface area contributed by atoms with Crippen molar-refractivity contribution in [3.63, 3.8) is 0 Å². The monoisotopic (exact) mass is 333 g/mol. The Balaban J connectivity index is 1.51. The highest BCUT2D eigenvalue weighted by molar-refractivity contribution is 5.32. The quantitative estimate of drug-likeness (QED) is 0.655. The molecule has 0 aliphatic heterocycles. The molecule has 25 heavy (non-hydrogen) atoms. The molecule has 0 N–H and O–H groups in total. The Bertz CT molecular complexity index is 748. The summed E-state index contributed by atoms with van der Waals surface area (Å²) in [5.74, 6) is 2.90. The van der Waals surface area contributed by atoms with E-state index in [0.717, 1.165) is 24.2 Å². The number of rotatable bonds is 4. The van der Waals surface area contributed by atoms with E-state index in [1.54, 1.807) is 0 Å². The van der Waals surface area contributed by atoms with Gasteiger partial charge in [-0.1, -0.05) is 64.1 Å². The van der Waals surface area contributed by atoms with Gasteiger partial charge in [0.1, 0.15) is 0 Å². The number of hydrogen-bond donors (Lipinski definition) is 0. The van der Waals surface area contributed by atoms with Crippen molar-refractivity contribution in [2.24, 2.45) is 17.3 Å². The van der Waals surface area contributed by atoms with E-state index in [-0.39, 0.29) is 0 Å². The predicted octanol–water partition coefficient (Wildman–Crippen LogP) is 6.14. The molecule has 1 aromatic heterocycles. The molecule has 2 aliphatic carbocycles. The van der Waals surface area contributed by atoms with Gasteiger partial charge in [-0.3, -0.25) is 4.98 Å². The van der Waals surface area contributed by atoms with E-state index in [1.165, 1.54) is 41.6 Å². The highest BCUT2D eigenvalue weighted by Gasteiger charge is 2.55. The van der Waals surface area contributed by atoms with Crippen molar-refractivity contribution in [3.05, 3.63) is 65.0 Å². The lowest BCUT2D eigenvalue weighted by atomic mass is 9.72. The van der Waals surface area contributed by atoms with Crippen LogP contribution in [-0.4, -0.2) is 4.98 Å². The molecule has 2 aliphatic rings. The molecule has 0 bridgehead atoms. The summed E-state index contributed by atoms with van der Waals surface area (Å²) in [5, 5.41) is 0. The summed E-state index contributed by atoms with van der Waals surface area (Å²) < 4.78 is 0. The van der Waals surface area contributed by atoms with Crippen LogP contribution in [0.4, 0.5) is 0 Å². The highest BCUT2D eigenvalue weighted by atomic mass is 14.7. The van der Waals surface area contributed by atoms with Gasteiger partial charge < -0.3 is 0 Å². The normalized spacial score (nSPS) is 29.3. The fourth-order valence-corrected chi connectivity index (χ4v) is 5.01. The first-order chi connectivity index (χ1) is 12.0. The van der Waals surface area contributed by atoms with Gasteiger partial charge in [0.05, 0.1) is 0 Å². The Morgan fingerprint density at radius 3 is 2.60 bits per heavy atom. The second-order valence-corrected chi connectivity index (χ2v) is 8.99. The molecule has 0 spiro atoms. The maximum absolute atomic E-state index is 4.77. The molecule has 1 fully saturated rings. The summed E-state index contributed by atoms with van der Waals surface area (Å²) in [4.78, 5) is 4.77. The van der Waals surface area contributed by atoms with E-state index < -0.39 is 0 Å². The maximum atomic E-state index is 4.77. The van der Waals surface area contributed by atoms with Gasteiger partial charge >= 0.3 is 0 Å². The third-order valence-electron chi connectivity index (χ3n) is 7.21. The molecule has 1 heteroatoms. The zero-order valence-corrected chi connectivity index (χ0v) is 16.1. The van der Waals surface area contributed by atoms with Crippen molar-refractivity contribution < 1.29 is 0 Å². The zero-order valence-electron chi connectivity index (χ0n) is 16.1. The van der Waals surface area contributed by atoms with E-state index in [9.17, 15) is 0 Å². The zero-order chi connectivity index (χ0) is 17.6. The molecule has 1 aromatic carbocycles. The van der Waals surface area contributed by atoms with Crippen LogP contribution in [0.1, 0.15) is 74.8 Å². The van der Waals surface area contributed by atoms with Crippen LogP contribution in [0.15, 0.2) is 42.6 Å². The van der Waals surface area contributed by atoms with Gasteiger partial charge in [-0.05, 0) is 71.5 Å². The number of fused-ring (bicyclic) bond motifs is 1. The van der Waals surface area contributed by atoms with Crippen molar-refractivity contribution in [2.45, 2.75) is 65.2 Å². The second kappa shape index (κ2) is 6.27. The first kappa shape index (κ1) is 16.8. The minimum absolute atomic E-state index is 0.479. The fourth-order valence-electron chi connectivity index (χ4n) is 5.01. The minimum atomic E-state index is 0.479. The number of hydrogen-bond acceptors (Lipinski definition) is 1. The molecule has 1 heterocycles. The Hall–Kier alpha value is -1.63. The molecular formula is C24H31N. The minimum Gasteiger partial charge on any atom is -0.261 e. The predicted molar refractivity (Wildman–Crippen MR) is 105 cm³/mol. The highest BCUT2D eigenvalue weighted by Crippen LogP contribution is 2.65. The summed E-state index contributed by atoms with van der Waals surface area (Å²) in [5.41, 5.74) is 6.29. The smallest absolute Gasteiger partial charge is 0.0435 e. The van der Waals surface area contributed by atoms with Crippen molar-refractivity contribution in [1.82, 2.24) is 4.98 Å². The number of benzene rings is 1. The lowest BCUT2D eigenvalue weighted by Gasteiger charge is -2.34. The summed E-state index contributed by atoms with van der Waals surface area (Å²) in [6.07, 6.45) is 7.14. The Morgan fingerprint density at radius 1 is 1.12 bits per heavy atom. The van der Waals surface area contributed by atoms with Crippen molar-refractivity contribution in [2.75, 3.05) is 0 Å². The van der Waals surface area contributed by atoms with Gasteiger partial charge in [0.15, 0.2) is 0 Å². The fraction of sp³-hybridized carbons (Fsp3) is 0.542. The second-order valence-electron chi connectivity index (χ2n) is 8.99. The molecule has 0 radical (unpaired) electrons. The van der Waals surface area contributed by atoms with Gasteiger partial charge in [0, 0.05) is 11.9 Å². The third-order valence-corrected chi connectivity index (χ3v) is 7.21. The summed E-state index contributed by atoms with van der Waals surface area (Å²) >= 11 is 0. The first-order valence-corrected chi connectivity index (χ1v) is 10.0. The third kappa shape index (κ3) is 3.03. The molecule has 0 amide bonds. The standard InChI is InChI=1S/C24H31N/c1-16(2)21-13-20-12-19(10-11-23(20)25-15-21)17(3)24(4)14-22(24)18-8-6-5-7-9-18/h5-9,13,15-17,19,22H,10-12,14H2,1-4H3. The van der Waals surface area contributed by atoms with Crippen LogP contribution >= 0.6 is 0 Å². The summed E-state index contributed by atoms with van der Waals surface area (Å²) in [6, 6.07) is 13.6. The Kier molecular flexibility index (Phi) is 4.22. The number of nitrogens with zero attached hydrogens (tertiary/aromatic N) is 1. The maximum Gasteiger partial charge on any atom is 0.0435 e.